The molecular formula is C16H26N6O9. The molecule has 11 N–H and O–H groups in total. The smallest absolute Gasteiger partial charge is 0.326 e. The quantitative estimate of drug-likeness (QED) is 0.126. The van der Waals surface area contributed by atoms with Crippen molar-refractivity contribution in [2.75, 3.05) is 0 Å². The van der Waals surface area contributed by atoms with Gasteiger partial charge in [-0.25, -0.2) is 4.79 Å². The third-order valence-electron chi connectivity index (χ3n) is 3.82. The SMILES string of the molecule is CC(NC(=O)C(CC(N)=O)NC(=O)C(N)CCC(N)=O)C(=O)NC(CC(=O)O)C(=O)O. The van der Waals surface area contributed by atoms with Crippen molar-refractivity contribution in [1.29, 1.82) is 0 Å². The van der Waals surface area contributed by atoms with E-state index in [0.717, 1.165) is 6.92 Å². The van der Waals surface area contributed by atoms with Crippen LogP contribution in [0, 0.1) is 0 Å². The molecule has 0 rings (SSSR count). The van der Waals surface area contributed by atoms with Crippen molar-refractivity contribution < 1.29 is 43.8 Å². The molecule has 0 fully saturated rings. The predicted molar refractivity (Wildman–Crippen MR) is 102 cm³/mol. The third kappa shape index (κ3) is 11.1. The highest BCUT2D eigenvalue weighted by Crippen LogP contribution is 2.00. The summed E-state index contributed by atoms with van der Waals surface area (Å²) in [7, 11) is 0. The van der Waals surface area contributed by atoms with Crippen molar-refractivity contribution in [3.8, 4) is 0 Å². The fraction of sp³-hybridized carbons (Fsp3) is 0.562. The molecule has 0 heterocycles. The Morgan fingerprint density at radius 2 is 1.32 bits per heavy atom. The van der Waals surface area contributed by atoms with Gasteiger partial charge in [0.15, 0.2) is 0 Å². The zero-order valence-corrected chi connectivity index (χ0v) is 16.6. The second kappa shape index (κ2) is 12.7. The van der Waals surface area contributed by atoms with Gasteiger partial charge < -0.3 is 43.4 Å². The standard InChI is InChI=1S/C16H26N6O9/c1-6(13(27)22-9(16(30)31)5-12(25)26)20-15(29)8(4-11(19)24)21-14(28)7(17)2-3-10(18)23/h6-9H,2-5,17H2,1H3,(H2,18,23)(H2,19,24)(H,20,29)(H,21,28)(H,22,27)(H,25,26)(H,30,31). The number of carboxylic acid groups (broad SMARTS) is 2. The van der Waals surface area contributed by atoms with Crippen molar-refractivity contribution in [1.82, 2.24) is 16.0 Å². The van der Waals surface area contributed by atoms with Crippen LogP contribution in [0.3, 0.4) is 0 Å². The Bertz CT molecular complexity index is 741. The third-order valence-corrected chi connectivity index (χ3v) is 3.82. The molecule has 0 aromatic rings. The largest absolute Gasteiger partial charge is 0.481 e. The number of carbonyl (C=O) groups is 7. The molecular weight excluding hydrogens is 420 g/mol. The molecule has 0 aliphatic rings. The van der Waals surface area contributed by atoms with E-state index in [4.69, 9.17) is 27.4 Å². The number of carbonyl (C=O) groups excluding carboxylic acids is 5. The molecule has 31 heavy (non-hydrogen) atoms. The van der Waals surface area contributed by atoms with E-state index in [1.807, 2.05) is 5.32 Å². The molecule has 4 atom stereocenters. The van der Waals surface area contributed by atoms with Crippen LogP contribution in [-0.4, -0.2) is 75.9 Å². The van der Waals surface area contributed by atoms with E-state index in [9.17, 15) is 33.6 Å². The number of amides is 5. The van der Waals surface area contributed by atoms with E-state index in [2.05, 4.69) is 10.6 Å². The normalized spacial score (nSPS) is 14.3. The average Bonchev–Trinajstić information content (AvgIpc) is 2.63. The lowest BCUT2D eigenvalue weighted by atomic mass is 10.1. The van der Waals surface area contributed by atoms with Crippen molar-refractivity contribution in [2.45, 2.75) is 56.8 Å². The topological polar surface area (TPSA) is 274 Å². The van der Waals surface area contributed by atoms with Gasteiger partial charge in [0.1, 0.15) is 18.1 Å². The number of nitrogens with two attached hydrogens (primary N) is 3. The molecule has 0 saturated heterocycles. The van der Waals surface area contributed by atoms with Gasteiger partial charge in [-0.2, -0.15) is 0 Å². The van der Waals surface area contributed by atoms with E-state index in [1.165, 1.54) is 0 Å². The summed E-state index contributed by atoms with van der Waals surface area (Å²) in [5.74, 6) is -7.65. The molecule has 0 aliphatic heterocycles. The lowest BCUT2D eigenvalue weighted by Gasteiger charge is -2.22. The van der Waals surface area contributed by atoms with Crippen LogP contribution in [0.15, 0.2) is 0 Å². The first kappa shape index (κ1) is 27.2. The van der Waals surface area contributed by atoms with E-state index < -0.39 is 78.5 Å². The first-order chi connectivity index (χ1) is 14.2. The van der Waals surface area contributed by atoms with E-state index in [1.54, 1.807) is 0 Å². The predicted octanol–water partition coefficient (Wildman–Crippen LogP) is -4.51. The molecule has 15 nitrogen and oxygen atoms in total. The van der Waals surface area contributed by atoms with Crippen LogP contribution < -0.4 is 33.2 Å². The zero-order valence-electron chi connectivity index (χ0n) is 16.6. The molecule has 5 amide bonds. The monoisotopic (exact) mass is 446 g/mol. The Hall–Kier alpha value is -3.75. The van der Waals surface area contributed by atoms with Gasteiger partial charge in [0, 0.05) is 6.42 Å². The lowest BCUT2D eigenvalue weighted by Crippen LogP contribution is -2.57. The number of primary amides is 2. The van der Waals surface area contributed by atoms with Gasteiger partial charge in [-0.1, -0.05) is 0 Å². The van der Waals surface area contributed by atoms with Crippen LogP contribution in [0.25, 0.3) is 0 Å². The summed E-state index contributed by atoms with van der Waals surface area (Å²) < 4.78 is 0. The van der Waals surface area contributed by atoms with Gasteiger partial charge in [-0.3, -0.25) is 28.8 Å². The minimum atomic E-state index is -1.74. The maximum absolute atomic E-state index is 12.4. The summed E-state index contributed by atoms with van der Waals surface area (Å²) in [6, 6.07) is -5.84. The Balaban J connectivity index is 5.09. The average molecular weight is 446 g/mol. The first-order valence-corrected chi connectivity index (χ1v) is 8.92. The number of hydrogen-bond acceptors (Lipinski definition) is 8. The Morgan fingerprint density at radius 1 is 0.774 bits per heavy atom. The maximum atomic E-state index is 12.4. The molecule has 4 unspecified atom stereocenters. The van der Waals surface area contributed by atoms with Crippen LogP contribution in [0.1, 0.15) is 32.6 Å². The summed E-state index contributed by atoms with van der Waals surface area (Å²) >= 11 is 0. The van der Waals surface area contributed by atoms with Crippen molar-refractivity contribution >= 4 is 41.5 Å². The van der Waals surface area contributed by atoms with Gasteiger partial charge in [0.25, 0.3) is 0 Å². The van der Waals surface area contributed by atoms with E-state index in [0.29, 0.717) is 0 Å². The number of aliphatic carboxylic acids is 2. The van der Waals surface area contributed by atoms with Crippen molar-refractivity contribution in [3.63, 3.8) is 0 Å². The fourth-order valence-electron chi connectivity index (χ4n) is 2.17. The number of rotatable bonds is 14. The van der Waals surface area contributed by atoms with Gasteiger partial charge >= 0.3 is 11.9 Å². The van der Waals surface area contributed by atoms with Crippen LogP contribution in [0.2, 0.25) is 0 Å². The minimum absolute atomic E-state index is 0.120. The van der Waals surface area contributed by atoms with Crippen molar-refractivity contribution in [3.05, 3.63) is 0 Å². The van der Waals surface area contributed by atoms with E-state index in [-0.39, 0.29) is 12.8 Å². The first-order valence-electron chi connectivity index (χ1n) is 8.92. The summed E-state index contributed by atoms with van der Waals surface area (Å²) in [6.07, 6.45) is -1.86. The molecule has 0 bridgehead atoms. The molecule has 15 heteroatoms. The highest BCUT2D eigenvalue weighted by Gasteiger charge is 2.30. The Kier molecular flexibility index (Phi) is 11.2. The molecule has 0 radical (unpaired) electrons. The van der Waals surface area contributed by atoms with Gasteiger partial charge in [0.2, 0.25) is 29.5 Å². The molecule has 0 aliphatic carbocycles. The van der Waals surface area contributed by atoms with Crippen LogP contribution >= 0.6 is 0 Å². The number of nitrogens with one attached hydrogen (secondary N) is 3. The van der Waals surface area contributed by atoms with Gasteiger partial charge in [-0.05, 0) is 13.3 Å². The highest BCUT2D eigenvalue weighted by atomic mass is 16.4. The molecule has 0 aromatic heterocycles. The van der Waals surface area contributed by atoms with Crippen LogP contribution in [-0.2, 0) is 33.6 Å². The summed E-state index contributed by atoms with van der Waals surface area (Å²) in [6.45, 7) is 1.16. The Morgan fingerprint density at radius 3 is 1.77 bits per heavy atom. The fourth-order valence-corrected chi connectivity index (χ4v) is 2.17. The van der Waals surface area contributed by atoms with Crippen LogP contribution in [0.5, 0.6) is 0 Å². The molecule has 0 spiro atoms. The molecule has 0 aromatic carbocycles. The van der Waals surface area contributed by atoms with Crippen LogP contribution in [0.4, 0.5) is 0 Å². The second-order valence-corrected chi connectivity index (χ2v) is 6.57. The highest BCUT2D eigenvalue weighted by molar-refractivity contribution is 5.96. The van der Waals surface area contributed by atoms with E-state index >= 15 is 0 Å². The zero-order chi connectivity index (χ0) is 24.3. The lowest BCUT2D eigenvalue weighted by molar-refractivity contribution is -0.147. The summed E-state index contributed by atoms with van der Waals surface area (Å²) in [4.78, 5) is 80.2. The molecule has 174 valence electrons. The maximum Gasteiger partial charge on any atom is 0.326 e. The van der Waals surface area contributed by atoms with Crippen molar-refractivity contribution in [2.24, 2.45) is 17.2 Å². The number of hydrogen-bond donors (Lipinski definition) is 8. The second-order valence-electron chi connectivity index (χ2n) is 6.57. The molecule has 0 saturated carbocycles. The Labute approximate surface area is 176 Å². The van der Waals surface area contributed by atoms with Gasteiger partial charge in [-0.15, -0.1) is 0 Å². The van der Waals surface area contributed by atoms with Gasteiger partial charge in [0.05, 0.1) is 18.9 Å². The minimum Gasteiger partial charge on any atom is -0.481 e. The summed E-state index contributed by atoms with van der Waals surface area (Å²) in [5, 5.41) is 23.9. The number of carboxylic acids is 2. The summed E-state index contributed by atoms with van der Waals surface area (Å²) in [5.41, 5.74) is 15.6.